The van der Waals surface area contributed by atoms with Crippen LogP contribution in [0, 0.1) is 5.92 Å². The molecule has 0 aromatic heterocycles. The smallest absolute Gasteiger partial charge is 0.320 e. The molecular weight excluding hydrogens is 274 g/mol. The molecule has 2 atom stereocenters. The van der Waals surface area contributed by atoms with E-state index in [0.29, 0.717) is 13.1 Å². The van der Waals surface area contributed by atoms with E-state index in [-0.39, 0.29) is 24.8 Å². The molecule has 120 valence electrons. The topological polar surface area (TPSA) is 73.3 Å². The van der Waals surface area contributed by atoms with Crippen LogP contribution in [0.5, 0.6) is 0 Å². The molecule has 0 aromatic rings. The van der Waals surface area contributed by atoms with E-state index in [1.165, 1.54) is 4.90 Å². The van der Waals surface area contributed by atoms with Gasteiger partial charge in [0.1, 0.15) is 5.92 Å². The van der Waals surface area contributed by atoms with Gasteiger partial charge < -0.3 is 19.6 Å². The second-order valence-corrected chi connectivity index (χ2v) is 6.60. The van der Waals surface area contributed by atoms with Crippen molar-refractivity contribution in [1.29, 1.82) is 0 Å². The zero-order valence-corrected chi connectivity index (χ0v) is 13.2. The van der Waals surface area contributed by atoms with Gasteiger partial charge in [-0.05, 0) is 20.9 Å². The molecule has 7 heteroatoms. The SMILES string of the molecule is CN(C(=O)N1CCN(C)C(C)(C)C1)C1COCC1C(=O)O. The van der Waals surface area contributed by atoms with Crippen LogP contribution < -0.4 is 0 Å². The van der Waals surface area contributed by atoms with E-state index < -0.39 is 17.9 Å². The molecule has 0 radical (unpaired) electrons. The number of hydrogen-bond donors (Lipinski definition) is 1. The lowest BCUT2D eigenvalue weighted by atomic mass is 9.99. The fourth-order valence-electron chi connectivity index (χ4n) is 2.93. The summed E-state index contributed by atoms with van der Waals surface area (Å²) in [6, 6.07) is -0.504. The largest absolute Gasteiger partial charge is 0.481 e. The monoisotopic (exact) mass is 299 g/mol. The normalized spacial score (nSPS) is 29.4. The third kappa shape index (κ3) is 3.13. The molecule has 1 N–H and O–H groups in total. The number of carboxylic acids is 1. The maximum atomic E-state index is 12.6. The molecule has 2 rings (SSSR count). The van der Waals surface area contributed by atoms with E-state index in [1.807, 2.05) is 0 Å². The van der Waals surface area contributed by atoms with Crippen molar-refractivity contribution >= 4 is 12.0 Å². The molecule has 2 aliphatic rings. The van der Waals surface area contributed by atoms with E-state index in [4.69, 9.17) is 4.74 Å². The van der Waals surface area contributed by atoms with E-state index in [1.54, 1.807) is 11.9 Å². The van der Waals surface area contributed by atoms with Gasteiger partial charge in [0.25, 0.3) is 0 Å². The zero-order valence-electron chi connectivity index (χ0n) is 13.2. The predicted octanol–water partition coefficient (Wildman–Crippen LogP) is 0.164. The number of urea groups is 1. The number of nitrogens with zero attached hydrogens (tertiary/aromatic N) is 3. The summed E-state index contributed by atoms with van der Waals surface area (Å²) in [5.74, 6) is -1.55. The van der Waals surface area contributed by atoms with Gasteiger partial charge in [-0.15, -0.1) is 0 Å². The minimum atomic E-state index is -0.907. The molecule has 2 fully saturated rings. The Kier molecular flexibility index (Phi) is 4.43. The predicted molar refractivity (Wildman–Crippen MR) is 77.2 cm³/mol. The molecule has 2 saturated heterocycles. The summed E-state index contributed by atoms with van der Waals surface area (Å²) in [6.07, 6.45) is 0. The van der Waals surface area contributed by atoms with Crippen molar-refractivity contribution in [2.24, 2.45) is 5.92 Å². The number of amides is 2. The molecule has 21 heavy (non-hydrogen) atoms. The van der Waals surface area contributed by atoms with Crippen LogP contribution in [0.2, 0.25) is 0 Å². The highest BCUT2D eigenvalue weighted by molar-refractivity contribution is 5.77. The van der Waals surface area contributed by atoms with Gasteiger partial charge in [-0.2, -0.15) is 0 Å². The lowest BCUT2D eigenvalue weighted by Crippen LogP contribution is -2.61. The van der Waals surface area contributed by atoms with Crippen LogP contribution >= 0.6 is 0 Å². The van der Waals surface area contributed by atoms with Crippen molar-refractivity contribution < 1.29 is 19.4 Å². The maximum absolute atomic E-state index is 12.6. The number of carboxylic acid groups (broad SMARTS) is 1. The summed E-state index contributed by atoms with van der Waals surface area (Å²) in [7, 11) is 3.72. The minimum Gasteiger partial charge on any atom is -0.481 e. The Morgan fingerprint density at radius 3 is 2.52 bits per heavy atom. The summed E-state index contributed by atoms with van der Waals surface area (Å²) < 4.78 is 5.25. The molecule has 0 aromatic carbocycles. The Morgan fingerprint density at radius 1 is 1.29 bits per heavy atom. The van der Waals surface area contributed by atoms with Gasteiger partial charge in [0.2, 0.25) is 0 Å². The lowest BCUT2D eigenvalue weighted by Gasteiger charge is -2.46. The van der Waals surface area contributed by atoms with Gasteiger partial charge in [0.05, 0.1) is 19.3 Å². The van der Waals surface area contributed by atoms with E-state index in [0.717, 1.165) is 6.54 Å². The second kappa shape index (κ2) is 5.81. The molecule has 7 nitrogen and oxygen atoms in total. The first-order chi connectivity index (χ1) is 9.74. The van der Waals surface area contributed by atoms with Crippen molar-refractivity contribution in [2.45, 2.75) is 25.4 Å². The highest BCUT2D eigenvalue weighted by Gasteiger charge is 2.41. The zero-order chi connectivity index (χ0) is 15.8. The molecule has 2 aliphatic heterocycles. The Morgan fingerprint density at radius 2 is 1.95 bits per heavy atom. The first-order valence-electron chi connectivity index (χ1n) is 7.27. The Hall–Kier alpha value is -1.34. The van der Waals surface area contributed by atoms with Crippen LogP contribution in [0.25, 0.3) is 0 Å². The standard InChI is InChI=1S/C14H25N3O4/c1-14(2)9-17(6-5-15(14)3)13(20)16(4)11-8-21-7-10(11)12(18)19/h10-11H,5-9H2,1-4H3,(H,18,19). The van der Waals surface area contributed by atoms with Crippen LogP contribution in [0.1, 0.15) is 13.8 Å². The van der Waals surface area contributed by atoms with Crippen LogP contribution in [-0.4, -0.2) is 90.3 Å². The van der Waals surface area contributed by atoms with Crippen LogP contribution in [0.15, 0.2) is 0 Å². The van der Waals surface area contributed by atoms with E-state index in [9.17, 15) is 14.7 Å². The van der Waals surface area contributed by atoms with Gasteiger partial charge in [-0.3, -0.25) is 9.69 Å². The van der Waals surface area contributed by atoms with Gasteiger partial charge in [0, 0.05) is 32.2 Å². The number of ether oxygens (including phenoxy) is 1. The van der Waals surface area contributed by atoms with Crippen molar-refractivity contribution in [2.75, 3.05) is 46.9 Å². The van der Waals surface area contributed by atoms with Crippen molar-refractivity contribution in [1.82, 2.24) is 14.7 Å². The average molecular weight is 299 g/mol. The van der Waals surface area contributed by atoms with Gasteiger partial charge in [-0.25, -0.2) is 4.79 Å². The summed E-state index contributed by atoms with van der Waals surface area (Å²) in [4.78, 5) is 29.4. The highest BCUT2D eigenvalue weighted by Crippen LogP contribution is 2.23. The fourth-order valence-corrected chi connectivity index (χ4v) is 2.93. The number of aliphatic carboxylic acids is 1. The number of likely N-dealkylation sites (N-methyl/N-ethyl adjacent to an activating group) is 2. The first kappa shape index (κ1) is 16.0. The molecule has 0 spiro atoms. The molecule has 2 amide bonds. The second-order valence-electron chi connectivity index (χ2n) is 6.60. The van der Waals surface area contributed by atoms with E-state index in [2.05, 4.69) is 25.8 Å². The lowest BCUT2D eigenvalue weighted by molar-refractivity contribution is -0.142. The van der Waals surface area contributed by atoms with Crippen LogP contribution in [0.4, 0.5) is 4.79 Å². The summed E-state index contributed by atoms with van der Waals surface area (Å²) >= 11 is 0. The Balaban J connectivity index is 2.04. The average Bonchev–Trinajstić information content (AvgIpc) is 2.89. The molecule has 2 heterocycles. The minimum absolute atomic E-state index is 0.0763. The molecule has 0 aliphatic carbocycles. The fraction of sp³-hybridized carbons (Fsp3) is 0.857. The van der Waals surface area contributed by atoms with Gasteiger partial charge in [0.15, 0.2) is 0 Å². The number of hydrogen-bond acceptors (Lipinski definition) is 4. The summed E-state index contributed by atoms with van der Waals surface area (Å²) in [6.45, 7) is 6.78. The Bertz CT molecular complexity index is 426. The number of carbonyl (C=O) groups is 2. The third-order valence-corrected chi connectivity index (χ3v) is 4.75. The number of carbonyl (C=O) groups excluding carboxylic acids is 1. The van der Waals surface area contributed by atoms with Crippen LogP contribution in [0.3, 0.4) is 0 Å². The summed E-state index contributed by atoms with van der Waals surface area (Å²) in [5.41, 5.74) is -0.0763. The van der Waals surface area contributed by atoms with Crippen molar-refractivity contribution in [3.8, 4) is 0 Å². The number of piperazine rings is 1. The Labute approximate surface area is 125 Å². The molecule has 0 saturated carbocycles. The first-order valence-corrected chi connectivity index (χ1v) is 7.27. The summed E-state index contributed by atoms with van der Waals surface area (Å²) in [5, 5.41) is 9.20. The molecule has 0 bridgehead atoms. The number of rotatable bonds is 2. The molecule has 2 unspecified atom stereocenters. The highest BCUT2D eigenvalue weighted by atomic mass is 16.5. The quantitative estimate of drug-likeness (QED) is 0.786. The molecular formula is C14H25N3O4. The maximum Gasteiger partial charge on any atom is 0.320 e. The van der Waals surface area contributed by atoms with Crippen molar-refractivity contribution in [3.63, 3.8) is 0 Å². The van der Waals surface area contributed by atoms with E-state index >= 15 is 0 Å². The third-order valence-electron chi connectivity index (χ3n) is 4.75. The van der Waals surface area contributed by atoms with Gasteiger partial charge in [-0.1, -0.05) is 0 Å². The van der Waals surface area contributed by atoms with Crippen LogP contribution in [-0.2, 0) is 9.53 Å². The van der Waals surface area contributed by atoms with Gasteiger partial charge >= 0.3 is 12.0 Å². The van der Waals surface area contributed by atoms with Crippen molar-refractivity contribution in [3.05, 3.63) is 0 Å².